The summed E-state index contributed by atoms with van der Waals surface area (Å²) < 4.78 is 5.22. The SMILES string of the molecule is O=C(O)Cc1c(Cl)nc(N2CCOCC2)nc1Cl. The normalized spacial score (nSPS) is 15.8. The second-order valence-electron chi connectivity index (χ2n) is 3.75. The Kier molecular flexibility index (Phi) is 4.21. The number of aliphatic carboxylic acids is 1. The molecule has 0 unspecified atom stereocenters. The molecule has 1 aliphatic rings. The summed E-state index contributed by atoms with van der Waals surface area (Å²) in [5.41, 5.74) is 0.239. The number of rotatable bonds is 3. The lowest BCUT2D eigenvalue weighted by Gasteiger charge is -2.27. The predicted octanol–water partition coefficient (Wildman–Crippen LogP) is 1.25. The molecule has 0 aliphatic carbocycles. The Morgan fingerprint density at radius 3 is 2.33 bits per heavy atom. The van der Waals surface area contributed by atoms with Gasteiger partial charge in [0.05, 0.1) is 19.6 Å². The van der Waals surface area contributed by atoms with Crippen molar-refractivity contribution in [3.05, 3.63) is 15.9 Å². The number of nitrogens with zero attached hydrogens (tertiary/aromatic N) is 3. The minimum Gasteiger partial charge on any atom is -0.481 e. The summed E-state index contributed by atoms with van der Waals surface area (Å²) in [7, 11) is 0. The van der Waals surface area contributed by atoms with Crippen LogP contribution in [0.15, 0.2) is 0 Å². The van der Waals surface area contributed by atoms with E-state index in [4.69, 9.17) is 33.0 Å². The molecule has 2 heterocycles. The van der Waals surface area contributed by atoms with Crippen LogP contribution in [0.25, 0.3) is 0 Å². The van der Waals surface area contributed by atoms with Crippen LogP contribution >= 0.6 is 23.2 Å². The van der Waals surface area contributed by atoms with Gasteiger partial charge in [-0.2, -0.15) is 0 Å². The van der Waals surface area contributed by atoms with Crippen LogP contribution in [0.3, 0.4) is 0 Å². The number of halogens is 2. The van der Waals surface area contributed by atoms with E-state index in [1.165, 1.54) is 0 Å². The van der Waals surface area contributed by atoms with Crippen molar-refractivity contribution in [2.75, 3.05) is 31.2 Å². The van der Waals surface area contributed by atoms with E-state index in [1.54, 1.807) is 0 Å². The van der Waals surface area contributed by atoms with Crippen LogP contribution in [0.5, 0.6) is 0 Å². The molecule has 98 valence electrons. The second kappa shape index (κ2) is 5.69. The molecule has 1 aromatic heterocycles. The lowest BCUT2D eigenvalue weighted by atomic mass is 10.2. The van der Waals surface area contributed by atoms with Gasteiger partial charge in [0.1, 0.15) is 10.3 Å². The van der Waals surface area contributed by atoms with Gasteiger partial charge in [-0.3, -0.25) is 4.79 Å². The van der Waals surface area contributed by atoms with Gasteiger partial charge in [-0.25, -0.2) is 9.97 Å². The number of hydrogen-bond acceptors (Lipinski definition) is 5. The molecular weight excluding hydrogens is 281 g/mol. The van der Waals surface area contributed by atoms with Crippen molar-refractivity contribution in [3.63, 3.8) is 0 Å². The first-order chi connectivity index (χ1) is 8.58. The van der Waals surface area contributed by atoms with E-state index < -0.39 is 5.97 Å². The topological polar surface area (TPSA) is 75.5 Å². The summed E-state index contributed by atoms with van der Waals surface area (Å²) in [4.78, 5) is 20.7. The van der Waals surface area contributed by atoms with Gasteiger partial charge in [0.15, 0.2) is 0 Å². The summed E-state index contributed by atoms with van der Waals surface area (Å²) in [5, 5.41) is 8.90. The number of morpholine rings is 1. The minimum atomic E-state index is -1.03. The Labute approximate surface area is 113 Å². The molecular formula is C10H11Cl2N3O3. The molecule has 0 radical (unpaired) electrons. The van der Waals surface area contributed by atoms with Crippen LogP contribution in [0.2, 0.25) is 10.3 Å². The van der Waals surface area contributed by atoms with E-state index in [1.807, 2.05) is 4.90 Å². The Morgan fingerprint density at radius 2 is 1.83 bits per heavy atom. The molecule has 1 aliphatic heterocycles. The number of carboxylic acids is 1. The largest absolute Gasteiger partial charge is 0.481 e. The van der Waals surface area contributed by atoms with Crippen LogP contribution in [-0.4, -0.2) is 47.3 Å². The van der Waals surface area contributed by atoms with Gasteiger partial charge >= 0.3 is 5.97 Å². The minimum absolute atomic E-state index is 0.0823. The molecule has 18 heavy (non-hydrogen) atoms. The molecule has 1 aromatic rings. The van der Waals surface area contributed by atoms with Gasteiger partial charge < -0.3 is 14.7 Å². The number of carboxylic acid groups (broad SMARTS) is 1. The molecule has 0 atom stereocenters. The number of anilines is 1. The molecule has 1 N–H and O–H groups in total. The zero-order chi connectivity index (χ0) is 13.1. The maximum absolute atomic E-state index is 10.7. The van der Waals surface area contributed by atoms with E-state index in [9.17, 15) is 4.79 Å². The lowest BCUT2D eigenvalue weighted by Crippen LogP contribution is -2.37. The summed E-state index contributed by atoms with van der Waals surface area (Å²) >= 11 is 11.9. The zero-order valence-electron chi connectivity index (χ0n) is 9.40. The average molecular weight is 292 g/mol. The zero-order valence-corrected chi connectivity index (χ0v) is 10.9. The third-order valence-electron chi connectivity index (χ3n) is 2.52. The van der Waals surface area contributed by atoms with Gasteiger partial charge in [-0.05, 0) is 0 Å². The van der Waals surface area contributed by atoms with Crippen molar-refractivity contribution in [2.45, 2.75) is 6.42 Å². The van der Waals surface area contributed by atoms with E-state index in [0.29, 0.717) is 32.3 Å². The van der Waals surface area contributed by atoms with Crippen molar-refractivity contribution >= 4 is 35.1 Å². The van der Waals surface area contributed by atoms with Crippen LogP contribution in [-0.2, 0) is 16.0 Å². The molecule has 2 rings (SSSR count). The smallest absolute Gasteiger partial charge is 0.308 e. The molecule has 8 heteroatoms. The van der Waals surface area contributed by atoms with Crippen molar-refractivity contribution in [2.24, 2.45) is 0 Å². The number of hydrogen-bond donors (Lipinski definition) is 1. The fourth-order valence-corrected chi connectivity index (χ4v) is 2.13. The van der Waals surface area contributed by atoms with Crippen molar-refractivity contribution in [1.29, 1.82) is 0 Å². The summed E-state index contributed by atoms with van der Waals surface area (Å²) in [6.45, 7) is 2.50. The predicted molar refractivity (Wildman–Crippen MR) is 66.4 cm³/mol. The van der Waals surface area contributed by atoms with E-state index in [-0.39, 0.29) is 22.3 Å². The maximum atomic E-state index is 10.7. The van der Waals surface area contributed by atoms with E-state index >= 15 is 0 Å². The molecule has 1 saturated heterocycles. The molecule has 0 saturated carbocycles. The highest BCUT2D eigenvalue weighted by atomic mass is 35.5. The highest BCUT2D eigenvalue weighted by Crippen LogP contribution is 2.25. The first-order valence-corrected chi connectivity index (χ1v) is 6.10. The van der Waals surface area contributed by atoms with Gasteiger partial charge in [0.2, 0.25) is 5.95 Å². The Balaban J connectivity index is 2.26. The Hall–Kier alpha value is -1.11. The fraction of sp³-hybridized carbons (Fsp3) is 0.500. The Morgan fingerprint density at radius 1 is 1.28 bits per heavy atom. The number of carbonyl (C=O) groups is 1. The van der Waals surface area contributed by atoms with Gasteiger partial charge in [0, 0.05) is 18.7 Å². The first-order valence-electron chi connectivity index (χ1n) is 5.34. The third kappa shape index (κ3) is 3.01. The first kappa shape index (κ1) is 13.3. The quantitative estimate of drug-likeness (QED) is 0.845. The Bertz CT molecular complexity index is 441. The maximum Gasteiger partial charge on any atom is 0.308 e. The fourth-order valence-electron chi connectivity index (χ4n) is 1.62. The van der Waals surface area contributed by atoms with Crippen molar-refractivity contribution < 1.29 is 14.6 Å². The van der Waals surface area contributed by atoms with Gasteiger partial charge in [-0.1, -0.05) is 23.2 Å². The second-order valence-corrected chi connectivity index (χ2v) is 4.47. The number of ether oxygens (including phenoxy) is 1. The summed E-state index contributed by atoms with van der Waals surface area (Å²) in [6.07, 6.45) is -0.291. The van der Waals surface area contributed by atoms with E-state index in [0.717, 1.165) is 0 Å². The lowest BCUT2D eigenvalue weighted by molar-refractivity contribution is -0.136. The van der Waals surface area contributed by atoms with Crippen molar-refractivity contribution in [3.8, 4) is 0 Å². The molecule has 1 fully saturated rings. The molecule has 0 amide bonds. The highest BCUT2D eigenvalue weighted by Gasteiger charge is 2.19. The summed E-state index contributed by atoms with van der Waals surface area (Å²) in [6, 6.07) is 0. The average Bonchev–Trinajstić information content (AvgIpc) is 2.34. The molecule has 0 bridgehead atoms. The van der Waals surface area contributed by atoms with Gasteiger partial charge in [-0.15, -0.1) is 0 Å². The van der Waals surface area contributed by atoms with Crippen LogP contribution in [0, 0.1) is 0 Å². The molecule has 6 nitrogen and oxygen atoms in total. The van der Waals surface area contributed by atoms with Gasteiger partial charge in [0.25, 0.3) is 0 Å². The molecule has 0 spiro atoms. The van der Waals surface area contributed by atoms with E-state index in [2.05, 4.69) is 9.97 Å². The highest BCUT2D eigenvalue weighted by molar-refractivity contribution is 6.34. The summed E-state index contributed by atoms with van der Waals surface area (Å²) in [5.74, 6) is -0.621. The standard InChI is InChI=1S/C10H11Cl2N3O3/c11-8-6(5-7(16)17)9(12)14-10(13-8)15-1-3-18-4-2-15/h1-5H2,(H,16,17). The molecule has 0 aromatic carbocycles. The van der Waals surface area contributed by atoms with Crippen LogP contribution < -0.4 is 4.90 Å². The third-order valence-corrected chi connectivity index (χ3v) is 3.14. The number of aromatic nitrogens is 2. The monoisotopic (exact) mass is 291 g/mol. The van der Waals surface area contributed by atoms with Crippen LogP contribution in [0.4, 0.5) is 5.95 Å². The van der Waals surface area contributed by atoms with Crippen LogP contribution in [0.1, 0.15) is 5.56 Å². The van der Waals surface area contributed by atoms with Crippen molar-refractivity contribution in [1.82, 2.24) is 9.97 Å².